The Balaban J connectivity index is 0.00000351. The molecule has 0 saturated heterocycles. The number of benzene rings is 8. The van der Waals surface area contributed by atoms with Gasteiger partial charge in [0, 0.05) is 17.1 Å². The second-order valence-electron chi connectivity index (χ2n) is 11.4. The Morgan fingerprint density at radius 3 is 0.851 bits per heavy atom. The molecular weight excluding hydrogens is 654 g/mol. The monoisotopic (exact) mass is 685 g/mol. The summed E-state index contributed by atoms with van der Waals surface area (Å²) in [5.41, 5.74) is 2.70. The van der Waals surface area contributed by atoms with Crippen LogP contribution in [0.1, 0.15) is 0 Å². The summed E-state index contributed by atoms with van der Waals surface area (Å²) in [5.74, 6) is 0. The molecule has 47 heavy (non-hydrogen) atoms. The molecule has 0 saturated carbocycles. The molecular formula is C44H32CuP2. The summed E-state index contributed by atoms with van der Waals surface area (Å²) in [4.78, 5) is 0. The summed E-state index contributed by atoms with van der Waals surface area (Å²) in [6.45, 7) is 0. The zero-order valence-corrected chi connectivity index (χ0v) is 28.4. The number of hydrogen-bond donors (Lipinski definition) is 0. The molecule has 229 valence electrons. The van der Waals surface area contributed by atoms with E-state index < -0.39 is 15.8 Å². The molecule has 8 aromatic rings. The van der Waals surface area contributed by atoms with Gasteiger partial charge in [-0.05, 0) is 80.3 Å². The van der Waals surface area contributed by atoms with Gasteiger partial charge in [-0.1, -0.05) is 194 Å². The largest absolute Gasteiger partial charge is 0.0622 e. The molecule has 8 aromatic carbocycles. The smallest absolute Gasteiger partial charge is 0 e. The van der Waals surface area contributed by atoms with Gasteiger partial charge in [-0.25, -0.2) is 0 Å². The van der Waals surface area contributed by atoms with Crippen molar-refractivity contribution in [1.29, 1.82) is 0 Å². The van der Waals surface area contributed by atoms with E-state index in [-0.39, 0.29) is 17.1 Å². The topological polar surface area (TPSA) is 0 Å². The molecule has 0 N–H and O–H groups in total. The molecule has 0 spiro atoms. The van der Waals surface area contributed by atoms with Gasteiger partial charge in [0.15, 0.2) is 0 Å². The van der Waals surface area contributed by atoms with Crippen LogP contribution in [0, 0.1) is 0 Å². The van der Waals surface area contributed by atoms with E-state index in [0.717, 1.165) is 0 Å². The second kappa shape index (κ2) is 14.2. The molecule has 0 atom stereocenters. The van der Waals surface area contributed by atoms with Gasteiger partial charge in [-0.3, -0.25) is 0 Å². The van der Waals surface area contributed by atoms with Gasteiger partial charge in [0.25, 0.3) is 0 Å². The number of rotatable bonds is 7. The third kappa shape index (κ3) is 6.10. The fraction of sp³-hybridized carbons (Fsp3) is 0. The van der Waals surface area contributed by atoms with E-state index >= 15 is 0 Å². The predicted octanol–water partition coefficient (Wildman–Crippen LogP) is 9.17. The van der Waals surface area contributed by atoms with Crippen LogP contribution in [0.3, 0.4) is 0 Å². The summed E-state index contributed by atoms with van der Waals surface area (Å²) >= 11 is 0. The molecule has 0 aromatic heterocycles. The van der Waals surface area contributed by atoms with E-state index in [1.165, 1.54) is 64.5 Å². The van der Waals surface area contributed by atoms with Crippen LogP contribution in [-0.2, 0) is 17.1 Å². The second-order valence-corrected chi connectivity index (χ2v) is 15.7. The molecule has 0 aliphatic carbocycles. The number of hydrogen-bond acceptors (Lipinski definition) is 0. The number of fused-ring (bicyclic) bond motifs is 2. The van der Waals surface area contributed by atoms with Gasteiger partial charge in [0.1, 0.15) is 0 Å². The molecule has 0 aliphatic rings. The van der Waals surface area contributed by atoms with E-state index in [0.29, 0.717) is 0 Å². The van der Waals surface area contributed by atoms with Crippen LogP contribution in [-0.4, -0.2) is 0 Å². The minimum atomic E-state index is -0.852. The van der Waals surface area contributed by atoms with Crippen LogP contribution in [0.5, 0.6) is 0 Å². The van der Waals surface area contributed by atoms with Crippen molar-refractivity contribution in [2.24, 2.45) is 0 Å². The van der Waals surface area contributed by atoms with Crippen molar-refractivity contribution in [2.45, 2.75) is 0 Å². The van der Waals surface area contributed by atoms with Gasteiger partial charge in [-0.15, -0.1) is 0 Å². The van der Waals surface area contributed by atoms with Crippen molar-refractivity contribution >= 4 is 69.2 Å². The molecule has 1 radical (unpaired) electrons. The summed E-state index contributed by atoms with van der Waals surface area (Å²) in [6, 6.07) is 71.8. The van der Waals surface area contributed by atoms with Crippen LogP contribution in [0.25, 0.3) is 32.7 Å². The fourth-order valence-corrected chi connectivity index (χ4v) is 11.5. The molecule has 3 heteroatoms. The summed E-state index contributed by atoms with van der Waals surface area (Å²) < 4.78 is 0. The standard InChI is InChI=1S/C44H32P2.Cu/c1-5-19-35(20-6-1)45(36-21-7-2-8-22-36)41-31-29-33-17-13-15-27-39(33)43(41)44-40-28-16-14-18-34(40)30-32-42(44)46(37-23-9-3-10-24-37)38-25-11-4-12-26-38;/h1-32H;. The zero-order valence-electron chi connectivity index (χ0n) is 25.7. The zero-order chi connectivity index (χ0) is 30.7. The van der Waals surface area contributed by atoms with Gasteiger partial charge in [-0.2, -0.15) is 0 Å². The van der Waals surface area contributed by atoms with E-state index in [4.69, 9.17) is 0 Å². The first-order valence-corrected chi connectivity index (χ1v) is 18.4. The summed E-state index contributed by atoms with van der Waals surface area (Å²) in [5, 5.41) is 13.3. The Morgan fingerprint density at radius 1 is 0.255 bits per heavy atom. The van der Waals surface area contributed by atoms with Gasteiger partial charge >= 0.3 is 0 Å². The van der Waals surface area contributed by atoms with Crippen LogP contribution >= 0.6 is 15.8 Å². The van der Waals surface area contributed by atoms with Gasteiger partial charge < -0.3 is 0 Å². The minimum absolute atomic E-state index is 0. The van der Waals surface area contributed by atoms with Crippen molar-refractivity contribution in [3.8, 4) is 11.1 Å². The van der Waals surface area contributed by atoms with Crippen molar-refractivity contribution in [3.05, 3.63) is 194 Å². The van der Waals surface area contributed by atoms with Crippen LogP contribution in [0.15, 0.2) is 194 Å². The molecule has 8 rings (SSSR count). The third-order valence-electron chi connectivity index (χ3n) is 8.60. The fourth-order valence-electron chi connectivity index (χ4n) is 6.58. The maximum absolute atomic E-state index is 2.42. The summed E-state index contributed by atoms with van der Waals surface area (Å²) in [7, 11) is -1.70. The third-order valence-corrected chi connectivity index (χ3v) is 13.6. The van der Waals surface area contributed by atoms with E-state index in [9.17, 15) is 0 Å². The van der Waals surface area contributed by atoms with Crippen molar-refractivity contribution in [3.63, 3.8) is 0 Å². The van der Waals surface area contributed by atoms with Crippen molar-refractivity contribution in [2.75, 3.05) is 0 Å². The van der Waals surface area contributed by atoms with Crippen molar-refractivity contribution in [1.82, 2.24) is 0 Å². The summed E-state index contributed by atoms with van der Waals surface area (Å²) in [6.07, 6.45) is 0. The van der Waals surface area contributed by atoms with E-state index in [1.807, 2.05) is 0 Å². The first kappa shape index (κ1) is 31.3. The first-order valence-electron chi connectivity index (χ1n) is 15.7. The van der Waals surface area contributed by atoms with Gasteiger partial charge in [0.05, 0.1) is 0 Å². The maximum atomic E-state index is 2.42. The molecule has 0 unspecified atom stereocenters. The average molecular weight is 686 g/mol. The average Bonchev–Trinajstić information content (AvgIpc) is 3.14. The van der Waals surface area contributed by atoms with Crippen molar-refractivity contribution < 1.29 is 17.1 Å². The molecule has 0 nitrogen and oxygen atoms in total. The Labute approximate surface area is 290 Å². The quantitative estimate of drug-likeness (QED) is 0.116. The van der Waals surface area contributed by atoms with E-state index in [1.54, 1.807) is 0 Å². The Morgan fingerprint density at radius 2 is 0.532 bits per heavy atom. The molecule has 0 heterocycles. The van der Waals surface area contributed by atoms with Gasteiger partial charge in [0.2, 0.25) is 0 Å². The van der Waals surface area contributed by atoms with Crippen LogP contribution < -0.4 is 31.8 Å². The maximum Gasteiger partial charge on any atom is 0 e. The Kier molecular flexibility index (Phi) is 9.44. The Bertz CT molecular complexity index is 2010. The molecule has 0 aliphatic heterocycles. The molecule has 0 bridgehead atoms. The van der Waals surface area contributed by atoms with E-state index in [2.05, 4.69) is 194 Å². The normalized spacial score (nSPS) is 11.2. The Hall–Kier alpha value is -4.34. The molecule has 0 fully saturated rings. The minimum Gasteiger partial charge on any atom is -0.0622 e. The predicted molar refractivity (Wildman–Crippen MR) is 204 cm³/mol. The SMILES string of the molecule is [Cu].c1ccc(P(c2ccccc2)c2ccc3ccccc3c2-c2c(P(c3ccccc3)c3ccccc3)ccc3ccccc23)cc1. The van der Waals surface area contributed by atoms with Crippen LogP contribution in [0.4, 0.5) is 0 Å². The van der Waals surface area contributed by atoms with Crippen LogP contribution in [0.2, 0.25) is 0 Å². The molecule has 0 amide bonds. The first-order chi connectivity index (χ1) is 22.9.